The standard InChI is InChI=1S/C14H10FNO6S/c1-23(20,21)11-5-2-9(3-6-11)14(17)22-13-8-10(15)4-7-12(13)16(18)19/h2-8H,1H3. The number of carbonyl (C=O) groups is 1. The monoisotopic (exact) mass is 339 g/mol. The minimum atomic E-state index is -3.42. The van der Waals surface area contributed by atoms with E-state index in [0.717, 1.165) is 24.5 Å². The van der Waals surface area contributed by atoms with Crippen LogP contribution in [0.15, 0.2) is 47.4 Å². The molecule has 0 atom stereocenters. The van der Waals surface area contributed by atoms with Crippen LogP contribution in [0.4, 0.5) is 10.1 Å². The summed E-state index contributed by atoms with van der Waals surface area (Å²) in [4.78, 5) is 22.0. The number of carbonyl (C=O) groups excluding carboxylic acids is 1. The second-order valence-electron chi connectivity index (χ2n) is 4.56. The van der Waals surface area contributed by atoms with Gasteiger partial charge >= 0.3 is 11.7 Å². The zero-order chi connectivity index (χ0) is 17.2. The van der Waals surface area contributed by atoms with E-state index in [2.05, 4.69) is 0 Å². The Kier molecular flexibility index (Phi) is 4.41. The summed E-state index contributed by atoms with van der Waals surface area (Å²) in [7, 11) is -3.42. The van der Waals surface area contributed by atoms with Crippen molar-refractivity contribution in [2.75, 3.05) is 6.26 Å². The largest absolute Gasteiger partial charge is 0.415 e. The lowest BCUT2D eigenvalue weighted by Crippen LogP contribution is -2.10. The van der Waals surface area contributed by atoms with Gasteiger partial charge in [-0.3, -0.25) is 10.1 Å². The predicted octanol–water partition coefficient (Wildman–Crippen LogP) is 2.36. The molecule has 2 rings (SSSR count). The van der Waals surface area contributed by atoms with Crippen LogP contribution >= 0.6 is 0 Å². The van der Waals surface area contributed by atoms with Crippen LogP contribution in [-0.4, -0.2) is 25.6 Å². The molecule has 0 radical (unpaired) electrons. The summed E-state index contributed by atoms with van der Waals surface area (Å²) in [6, 6.07) is 7.27. The van der Waals surface area contributed by atoms with Crippen molar-refractivity contribution >= 4 is 21.5 Å². The van der Waals surface area contributed by atoms with E-state index in [-0.39, 0.29) is 10.5 Å². The van der Waals surface area contributed by atoms with E-state index >= 15 is 0 Å². The third-order valence-electron chi connectivity index (χ3n) is 2.84. The van der Waals surface area contributed by atoms with Gasteiger partial charge in [0, 0.05) is 18.4 Å². The van der Waals surface area contributed by atoms with E-state index in [1.807, 2.05) is 0 Å². The van der Waals surface area contributed by atoms with Gasteiger partial charge in [-0.15, -0.1) is 0 Å². The topological polar surface area (TPSA) is 104 Å². The minimum absolute atomic E-state index is 0.00536. The zero-order valence-electron chi connectivity index (χ0n) is 11.7. The Hall–Kier alpha value is -2.81. The van der Waals surface area contributed by atoms with Crippen molar-refractivity contribution in [2.45, 2.75) is 4.90 Å². The minimum Gasteiger partial charge on any atom is -0.415 e. The fourth-order valence-electron chi connectivity index (χ4n) is 1.72. The molecule has 0 bridgehead atoms. The number of halogens is 1. The molecule has 0 aliphatic heterocycles. The molecule has 0 N–H and O–H groups in total. The molecule has 2 aromatic carbocycles. The van der Waals surface area contributed by atoms with Crippen molar-refractivity contribution in [2.24, 2.45) is 0 Å². The zero-order valence-corrected chi connectivity index (χ0v) is 12.5. The molecule has 120 valence electrons. The number of nitrogens with zero attached hydrogens (tertiary/aromatic N) is 1. The average Bonchev–Trinajstić information content (AvgIpc) is 2.46. The summed E-state index contributed by atoms with van der Waals surface area (Å²) in [6.07, 6.45) is 1.01. The molecule has 0 amide bonds. The fraction of sp³-hybridized carbons (Fsp3) is 0.0714. The van der Waals surface area contributed by atoms with Crippen molar-refractivity contribution < 1.29 is 27.3 Å². The van der Waals surface area contributed by atoms with Gasteiger partial charge < -0.3 is 4.74 Å². The highest BCUT2D eigenvalue weighted by Crippen LogP contribution is 2.28. The summed E-state index contributed by atoms with van der Waals surface area (Å²) < 4.78 is 40.7. The number of rotatable bonds is 4. The molecule has 7 nitrogen and oxygen atoms in total. The normalized spacial score (nSPS) is 11.0. The van der Waals surface area contributed by atoms with Crippen LogP contribution in [0.2, 0.25) is 0 Å². The van der Waals surface area contributed by atoms with E-state index in [9.17, 15) is 27.7 Å². The third kappa shape index (κ3) is 3.89. The van der Waals surface area contributed by atoms with Crippen molar-refractivity contribution in [3.05, 3.63) is 64.0 Å². The molecule has 0 saturated carbocycles. The molecule has 0 aromatic heterocycles. The number of ether oxygens (including phenoxy) is 1. The molecule has 0 heterocycles. The third-order valence-corrected chi connectivity index (χ3v) is 3.97. The first-order chi connectivity index (χ1) is 10.7. The molecule has 0 spiro atoms. The predicted molar refractivity (Wildman–Crippen MR) is 77.6 cm³/mol. The summed E-state index contributed by atoms with van der Waals surface area (Å²) in [6.45, 7) is 0. The van der Waals surface area contributed by atoms with Gasteiger partial charge in [0.2, 0.25) is 5.75 Å². The van der Waals surface area contributed by atoms with Crippen LogP contribution in [0.1, 0.15) is 10.4 Å². The number of esters is 1. The van der Waals surface area contributed by atoms with Gasteiger partial charge in [-0.05, 0) is 30.3 Å². The lowest BCUT2D eigenvalue weighted by molar-refractivity contribution is -0.385. The maximum absolute atomic E-state index is 13.2. The van der Waals surface area contributed by atoms with Gasteiger partial charge in [-0.25, -0.2) is 17.6 Å². The van der Waals surface area contributed by atoms with Crippen molar-refractivity contribution in [1.29, 1.82) is 0 Å². The highest BCUT2D eigenvalue weighted by Gasteiger charge is 2.20. The number of hydrogen-bond donors (Lipinski definition) is 0. The van der Waals surface area contributed by atoms with Crippen LogP contribution in [-0.2, 0) is 9.84 Å². The molecule has 0 aliphatic rings. The highest BCUT2D eigenvalue weighted by molar-refractivity contribution is 7.90. The molecule has 0 saturated heterocycles. The fourth-order valence-corrected chi connectivity index (χ4v) is 2.35. The SMILES string of the molecule is CS(=O)(=O)c1ccc(C(=O)Oc2cc(F)ccc2[N+](=O)[O-])cc1. The average molecular weight is 339 g/mol. The number of sulfone groups is 1. The Morgan fingerprint density at radius 1 is 1.17 bits per heavy atom. The summed E-state index contributed by atoms with van der Waals surface area (Å²) >= 11 is 0. The lowest BCUT2D eigenvalue weighted by atomic mass is 10.2. The van der Waals surface area contributed by atoms with Crippen molar-refractivity contribution in [3.63, 3.8) is 0 Å². The Morgan fingerprint density at radius 2 is 1.78 bits per heavy atom. The maximum atomic E-state index is 13.2. The van der Waals surface area contributed by atoms with Gasteiger partial charge in [-0.1, -0.05) is 0 Å². The molecule has 2 aromatic rings. The molecular weight excluding hydrogens is 329 g/mol. The van der Waals surface area contributed by atoms with Gasteiger partial charge in [-0.2, -0.15) is 0 Å². The van der Waals surface area contributed by atoms with E-state index in [1.165, 1.54) is 24.3 Å². The number of benzene rings is 2. The molecular formula is C14H10FNO6S. The van der Waals surface area contributed by atoms with E-state index in [4.69, 9.17) is 4.74 Å². The lowest BCUT2D eigenvalue weighted by Gasteiger charge is -2.06. The van der Waals surface area contributed by atoms with E-state index in [1.54, 1.807) is 0 Å². The van der Waals surface area contributed by atoms with Gasteiger partial charge in [0.15, 0.2) is 9.84 Å². The van der Waals surface area contributed by atoms with E-state index < -0.39 is 38.0 Å². The Bertz CT molecular complexity index is 877. The smallest absolute Gasteiger partial charge is 0.343 e. The number of nitro groups is 1. The second-order valence-corrected chi connectivity index (χ2v) is 6.57. The first-order valence-corrected chi connectivity index (χ1v) is 8.04. The molecule has 0 aliphatic carbocycles. The highest BCUT2D eigenvalue weighted by atomic mass is 32.2. The summed E-state index contributed by atoms with van der Waals surface area (Å²) in [5.41, 5.74) is -0.594. The van der Waals surface area contributed by atoms with Gasteiger partial charge in [0.05, 0.1) is 15.4 Å². The summed E-state index contributed by atoms with van der Waals surface area (Å²) in [5, 5.41) is 10.8. The Morgan fingerprint density at radius 3 is 2.30 bits per heavy atom. The van der Waals surface area contributed by atoms with Crippen LogP contribution in [0, 0.1) is 15.9 Å². The maximum Gasteiger partial charge on any atom is 0.343 e. The van der Waals surface area contributed by atoms with Gasteiger partial charge in [0.1, 0.15) is 5.82 Å². The molecule has 23 heavy (non-hydrogen) atoms. The van der Waals surface area contributed by atoms with Crippen LogP contribution in [0.5, 0.6) is 5.75 Å². The van der Waals surface area contributed by atoms with Crippen molar-refractivity contribution in [3.8, 4) is 5.75 Å². The number of nitro benzene ring substituents is 1. The van der Waals surface area contributed by atoms with Gasteiger partial charge in [0.25, 0.3) is 0 Å². The quantitative estimate of drug-likeness (QED) is 0.366. The number of hydrogen-bond acceptors (Lipinski definition) is 6. The Labute approximate surface area is 130 Å². The Balaban J connectivity index is 2.29. The van der Waals surface area contributed by atoms with E-state index in [0.29, 0.717) is 0 Å². The first-order valence-electron chi connectivity index (χ1n) is 6.15. The molecule has 0 unspecified atom stereocenters. The molecule has 9 heteroatoms. The van der Waals surface area contributed by atoms with Crippen LogP contribution in [0.25, 0.3) is 0 Å². The van der Waals surface area contributed by atoms with Crippen LogP contribution in [0.3, 0.4) is 0 Å². The summed E-state index contributed by atoms with van der Waals surface area (Å²) in [5.74, 6) is -2.31. The molecule has 0 fully saturated rings. The van der Waals surface area contributed by atoms with Crippen molar-refractivity contribution in [1.82, 2.24) is 0 Å². The first kappa shape index (κ1) is 16.6. The second kappa shape index (κ2) is 6.13. The van der Waals surface area contributed by atoms with Crippen LogP contribution < -0.4 is 4.74 Å².